The molecule has 0 aliphatic carbocycles. The molecule has 0 radical (unpaired) electrons. The van der Waals surface area contributed by atoms with E-state index in [1.807, 2.05) is 11.8 Å². The van der Waals surface area contributed by atoms with Crippen LogP contribution in [-0.2, 0) is 0 Å². The lowest BCUT2D eigenvalue weighted by Crippen LogP contribution is -2.39. The van der Waals surface area contributed by atoms with Crippen LogP contribution in [0.1, 0.15) is 39.5 Å². The maximum Gasteiger partial charge on any atom is 0.215 e. The van der Waals surface area contributed by atoms with Crippen LogP contribution in [0.5, 0.6) is 0 Å². The minimum absolute atomic E-state index is 0.237. The van der Waals surface area contributed by atoms with Crippen LogP contribution in [-0.4, -0.2) is 29.9 Å². The summed E-state index contributed by atoms with van der Waals surface area (Å²) < 4.78 is 0. The first-order valence-corrected chi connectivity index (χ1v) is 5.54. The molecule has 15 heavy (non-hydrogen) atoms. The van der Waals surface area contributed by atoms with E-state index in [0.29, 0.717) is 5.96 Å². The van der Waals surface area contributed by atoms with Crippen molar-refractivity contribution in [2.24, 2.45) is 16.5 Å². The highest BCUT2D eigenvalue weighted by Gasteiger charge is 2.04. The van der Waals surface area contributed by atoms with Crippen LogP contribution in [0.4, 0.5) is 0 Å². The lowest BCUT2D eigenvalue weighted by molar-refractivity contribution is 0.416. The fourth-order valence-corrected chi connectivity index (χ4v) is 1.36. The smallest absolute Gasteiger partial charge is 0.215 e. The summed E-state index contributed by atoms with van der Waals surface area (Å²) in [5, 5.41) is 7.02. The number of nitrogens with two attached hydrogens (primary N) is 2. The largest absolute Gasteiger partial charge is 0.369 e. The lowest BCUT2D eigenvalue weighted by atomic mass is 10.2. The molecule has 5 heteroatoms. The number of guanidine groups is 2. The van der Waals surface area contributed by atoms with Crippen molar-refractivity contribution in [1.29, 1.82) is 5.41 Å². The van der Waals surface area contributed by atoms with Gasteiger partial charge in [0.15, 0.2) is 5.96 Å². The Morgan fingerprint density at radius 2 is 1.87 bits per heavy atom. The van der Waals surface area contributed by atoms with Crippen molar-refractivity contribution >= 4 is 11.9 Å². The summed E-state index contributed by atoms with van der Waals surface area (Å²) in [6.07, 6.45) is 4.79. The summed E-state index contributed by atoms with van der Waals surface area (Å²) in [6.45, 7) is 5.89. The molecule has 0 aromatic carbocycles. The molecule has 0 saturated heterocycles. The zero-order valence-electron chi connectivity index (χ0n) is 9.79. The van der Waals surface area contributed by atoms with E-state index in [0.717, 1.165) is 19.5 Å². The molecular formula is C10H23N5. The SMILES string of the molecule is CCCCCCN(CC)/C(N)=N/C(=N)N. The van der Waals surface area contributed by atoms with E-state index in [4.69, 9.17) is 16.9 Å². The predicted molar refractivity (Wildman–Crippen MR) is 64.9 cm³/mol. The highest BCUT2D eigenvalue weighted by Crippen LogP contribution is 2.01. The quantitative estimate of drug-likeness (QED) is 0.350. The maximum atomic E-state index is 7.02. The zero-order chi connectivity index (χ0) is 11.7. The highest BCUT2D eigenvalue weighted by molar-refractivity contribution is 5.91. The third-order valence-corrected chi connectivity index (χ3v) is 2.22. The van der Waals surface area contributed by atoms with Crippen LogP contribution in [0.25, 0.3) is 0 Å². The van der Waals surface area contributed by atoms with Crippen LogP contribution in [0.3, 0.4) is 0 Å². The van der Waals surface area contributed by atoms with E-state index in [1.54, 1.807) is 0 Å². The average Bonchev–Trinajstić information content (AvgIpc) is 2.16. The van der Waals surface area contributed by atoms with Gasteiger partial charge in [-0.15, -0.1) is 0 Å². The molecule has 0 bridgehead atoms. The van der Waals surface area contributed by atoms with E-state index >= 15 is 0 Å². The van der Waals surface area contributed by atoms with Crippen LogP contribution < -0.4 is 11.5 Å². The molecule has 5 nitrogen and oxygen atoms in total. The van der Waals surface area contributed by atoms with Gasteiger partial charge in [0.05, 0.1) is 0 Å². The molecule has 0 aromatic heterocycles. The van der Waals surface area contributed by atoms with Crippen LogP contribution in [0, 0.1) is 5.41 Å². The van der Waals surface area contributed by atoms with Gasteiger partial charge in [-0.2, -0.15) is 4.99 Å². The molecule has 0 heterocycles. The van der Waals surface area contributed by atoms with Crippen molar-refractivity contribution in [2.45, 2.75) is 39.5 Å². The highest BCUT2D eigenvalue weighted by atomic mass is 15.3. The number of nitrogens with zero attached hydrogens (tertiary/aromatic N) is 2. The normalized spacial score (nSPS) is 11.5. The predicted octanol–water partition coefficient (Wildman–Crippen LogP) is 1.10. The van der Waals surface area contributed by atoms with Crippen LogP contribution in [0.15, 0.2) is 4.99 Å². The number of hydrogen-bond acceptors (Lipinski definition) is 1. The van der Waals surface area contributed by atoms with E-state index in [9.17, 15) is 0 Å². The lowest BCUT2D eigenvalue weighted by Gasteiger charge is -2.21. The minimum atomic E-state index is -0.237. The van der Waals surface area contributed by atoms with Gasteiger partial charge in [-0.3, -0.25) is 5.41 Å². The fourth-order valence-electron chi connectivity index (χ4n) is 1.36. The molecule has 0 aliphatic heterocycles. The number of aliphatic imine (C=N–C) groups is 1. The first-order chi connectivity index (χ1) is 7.11. The molecule has 0 rings (SSSR count). The Labute approximate surface area is 92.0 Å². The van der Waals surface area contributed by atoms with Gasteiger partial charge in [0.2, 0.25) is 5.96 Å². The van der Waals surface area contributed by atoms with Crippen molar-refractivity contribution in [2.75, 3.05) is 13.1 Å². The molecule has 0 amide bonds. The summed E-state index contributed by atoms with van der Waals surface area (Å²) in [4.78, 5) is 5.67. The van der Waals surface area contributed by atoms with Crippen molar-refractivity contribution in [1.82, 2.24) is 4.90 Å². The van der Waals surface area contributed by atoms with E-state index in [1.165, 1.54) is 19.3 Å². The third kappa shape index (κ3) is 6.76. The van der Waals surface area contributed by atoms with E-state index in [-0.39, 0.29) is 5.96 Å². The van der Waals surface area contributed by atoms with Crippen molar-refractivity contribution in [3.63, 3.8) is 0 Å². The van der Waals surface area contributed by atoms with Gasteiger partial charge in [0.25, 0.3) is 0 Å². The molecule has 88 valence electrons. The topological polar surface area (TPSA) is 91.5 Å². The van der Waals surface area contributed by atoms with Crippen molar-refractivity contribution in [3.8, 4) is 0 Å². The van der Waals surface area contributed by atoms with Gasteiger partial charge in [-0.25, -0.2) is 0 Å². The Bertz CT molecular complexity index is 212. The standard InChI is InChI=1S/C10H23N5/c1-3-5-6-7-8-15(4-2)10(13)14-9(11)12/h3-8H2,1-2H3,(H5,11,12,13,14). The van der Waals surface area contributed by atoms with Crippen molar-refractivity contribution in [3.05, 3.63) is 0 Å². The first kappa shape index (κ1) is 13.7. The van der Waals surface area contributed by atoms with Crippen molar-refractivity contribution < 1.29 is 0 Å². The number of hydrogen-bond donors (Lipinski definition) is 3. The monoisotopic (exact) mass is 213 g/mol. The fraction of sp³-hybridized carbons (Fsp3) is 0.800. The molecule has 0 aromatic rings. The minimum Gasteiger partial charge on any atom is -0.369 e. The Hall–Kier alpha value is -1.26. The summed E-state index contributed by atoms with van der Waals surface area (Å²) in [7, 11) is 0. The summed E-state index contributed by atoms with van der Waals surface area (Å²) in [5.74, 6) is 0.112. The molecule has 0 saturated carbocycles. The molecule has 5 N–H and O–H groups in total. The van der Waals surface area contributed by atoms with Gasteiger partial charge in [-0.1, -0.05) is 26.2 Å². The molecule has 0 fully saturated rings. The van der Waals surface area contributed by atoms with Gasteiger partial charge < -0.3 is 16.4 Å². The van der Waals surface area contributed by atoms with Gasteiger partial charge in [0.1, 0.15) is 0 Å². The summed E-state index contributed by atoms with van der Waals surface area (Å²) in [6, 6.07) is 0. The van der Waals surface area contributed by atoms with E-state index < -0.39 is 0 Å². The first-order valence-electron chi connectivity index (χ1n) is 5.54. The Morgan fingerprint density at radius 3 is 2.33 bits per heavy atom. The second kappa shape index (κ2) is 8.08. The Kier molecular flexibility index (Phi) is 7.40. The van der Waals surface area contributed by atoms with Gasteiger partial charge >= 0.3 is 0 Å². The number of nitrogens with one attached hydrogen (secondary N) is 1. The third-order valence-electron chi connectivity index (χ3n) is 2.22. The Morgan fingerprint density at radius 1 is 1.20 bits per heavy atom. The zero-order valence-corrected chi connectivity index (χ0v) is 9.79. The van der Waals surface area contributed by atoms with Crippen LogP contribution >= 0.6 is 0 Å². The molecule has 0 unspecified atom stereocenters. The number of unbranched alkanes of at least 4 members (excludes halogenated alkanes) is 3. The Balaban J connectivity index is 3.96. The molecule has 0 atom stereocenters. The maximum absolute atomic E-state index is 7.02. The average molecular weight is 213 g/mol. The second-order valence-corrected chi connectivity index (χ2v) is 3.50. The van der Waals surface area contributed by atoms with E-state index in [2.05, 4.69) is 11.9 Å². The summed E-state index contributed by atoms with van der Waals surface area (Å²) >= 11 is 0. The second-order valence-electron chi connectivity index (χ2n) is 3.50. The summed E-state index contributed by atoms with van der Waals surface area (Å²) in [5.41, 5.74) is 10.9. The molecular weight excluding hydrogens is 190 g/mol. The van der Waals surface area contributed by atoms with Gasteiger partial charge in [0, 0.05) is 13.1 Å². The van der Waals surface area contributed by atoms with Crippen LogP contribution in [0.2, 0.25) is 0 Å². The van der Waals surface area contributed by atoms with Gasteiger partial charge in [-0.05, 0) is 13.3 Å². The molecule has 0 aliphatic rings. The number of rotatable bonds is 6. The molecule has 0 spiro atoms.